The molecule has 0 bridgehead atoms. The minimum atomic E-state index is 0.578. The normalized spacial score (nSPS) is 8.73. The Balaban J connectivity index is 2.33. The van der Waals surface area contributed by atoms with E-state index in [9.17, 15) is 0 Å². The van der Waals surface area contributed by atoms with E-state index in [1.54, 1.807) is 12.1 Å². The summed E-state index contributed by atoms with van der Waals surface area (Å²) >= 11 is 0. The molecule has 0 aliphatic carbocycles. The van der Waals surface area contributed by atoms with Crippen molar-refractivity contribution in [2.45, 2.75) is 0 Å². The van der Waals surface area contributed by atoms with Crippen LogP contribution in [0.3, 0.4) is 0 Å². The van der Waals surface area contributed by atoms with Crippen LogP contribution in [-0.2, 0) is 9.93 Å². The lowest BCUT2D eigenvalue weighted by molar-refractivity contribution is -0.438. The monoisotopic (exact) mass is 152 g/mol. The second kappa shape index (κ2) is 4.35. The summed E-state index contributed by atoms with van der Waals surface area (Å²) in [5, 5.41) is 4.25. The minimum Gasteiger partial charge on any atom is -0.308 e. The number of hydrogen-bond acceptors (Lipinski definition) is 3. The predicted molar refractivity (Wildman–Crippen MR) is 39.4 cm³/mol. The molecule has 0 radical (unpaired) electrons. The summed E-state index contributed by atoms with van der Waals surface area (Å²) in [5.74, 6) is 0.578. The highest BCUT2D eigenvalue weighted by Crippen LogP contribution is 2.08. The quantitative estimate of drug-likeness (QED) is 0.286. The SMILES string of the molecule is C=COOOc1ccccc1. The van der Waals surface area contributed by atoms with Gasteiger partial charge in [-0.2, -0.15) is 0 Å². The van der Waals surface area contributed by atoms with Crippen LogP contribution in [-0.4, -0.2) is 0 Å². The molecule has 0 saturated heterocycles. The Morgan fingerprint density at radius 2 is 1.91 bits per heavy atom. The zero-order chi connectivity index (χ0) is 7.94. The molecule has 1 rings (SSSR count). The second-order valence-corrected chi connectivity index (χ2v) is 1.73. The van der Waals surface area contributed by atoms with Crippen LogP contribution in [0.25, 0.3) is 0 Å². The first-order chi connectivity index (χ1) is 5.43. The highest BCUT2D eigenvalue weighted by Gasteiger charge is 1.89. The van der Waals surface area contributed by atoms with Gasteiger partial charge in [0.05, 0.1) is 0 Å². The summed E-state index contributed by atoms with van der Waals surface area (Å²) in [6.07, 6.45) is 1.13. The maximum atomic E-state index is 4.65. The highest BCUT2D eigenvalue weighted by molar-refractivity contribution is 5.19. The Morgan fingerprint density at radius 1 is 1.18 bits per heavy atom. The molecule has 0 spiro atoms. The molecule has 0 aliphatic heterocycles. The topological polar surface area (TPSA) is 27.7 Å². The van der Waals surface area contributed by atoms with Gasteiger partial charge < -0.3 is 4.89 Å². The van der Waals surface area contributed by atoms with Gasteiger partial charge in [-0.15, -0.1) is 0 Å². The lowest BCUT2D eigenvalue weighted by atomic mass is 10.3. The third-order valence-corrected chi connectivity index (χ3v) is 0.981. The Labute approximate surface area is 64.7 Å². The van der Waals surface area contributed by atoms with E-state index in [0.29, 0.717) is 5.75 Å². The zero-order valence-electron chi connectivity index (χ0n) is 5.90. The molecule has 0 aliphatic rings. The molecule has 0 saturated carbocycles. The van der Waals surface area contributed by atoms with Crippen LogP contribution in [0.4, 0.5) is 0 Å². The van der Waals surface area contributed by atoms with E-state index in [-0.39, 0.29) is 0 Å². The Morgan fingerprint density at radius 3 is 2.55 bits per heavy atom. The van der Waals surface area contributed by atoms with Gasteiger partial charge >= 0.3 is 0 Å². The van der Waals surface area contributed by atoms with E-state index in [2.05, 4.69) is 21.4 Å². The minimum absolute atomic E-state index is 0.578. The molecule has 1 aromatic rings. The van der Waals surface area contributed by atoms with E-state index in [1.807, 2.05) is 18.2 Å². The largest absolute Gasteiger partial charge is 0.308 e. The van der Waals surface area contributed by atoms with Gasteiger partial charge in [0.15, 0.2) is 5.75 Å². The van der Waals surface area contributed by atoms with Crippen molar-refractivity contribution in [1.29, 1.82) is 0 Å². The number of para-hydroxylation sites is 1. The number of benzene rings is 1. The fraction of sp³-hybridized carbons (Fsp3) is 0. The molecule has 0 fully saturated rings. The smallest absolute Gasteiger partial charge is 0.169 e. The van der Waals surface area contributed by atoms with Crippen LogP contribution in [0.2, 0.25) is 0 Å². The summed E-state index contributed by atoms with van der Waals surface area (Å²) < 4.78 is 0. The van der Waals surface area contributed by atoms with Gasteiger partial charge in [-0.05, 0) is 12.1 Å². The molecule has 3 heteroatoms. The van der Waals surface area contributed by atoms with Gasteiger partial charge in [-0.1, -0.05) is 24.8 Å². The Bertz CT molecular complexity index is 208. The molecule has 0 N–H and O–H groups in total. The van der Waals surface area contributed by atoms with Crippen LogP contribution in [0.5, 0.6) is 5.75 Å². The van der Waals surface area contributed by atoms with Gasteiger partial charge in [0.2, 0.25) is 0 Å². The summed E-state index contributed by atoms with van der Waals surface area (Å²) in [4.78, 5) is 8.93. The van der Waals surface area contributed by atoms with Gasteiger partial charge in [-0.3, -0.25) is 4.89 Å². The molecule has 0 atom stereocenters. The van der Waals surface area contributed by atoms with Crippen LogP contribution in [0.1, 0.15) is 0 Å². The van der Waals surface area contributed by atoms with E-state index in [1.165, 1.54) is 0 Å². The van der Waals surface area contributed by atoms with Crippen LogP contribution >= 0.6 is 0 Å². The fourth-order valence-corrected chi connectivity index (χ4v) is 0.563. The van der Waals surface area contributed by atoms with Crippen molar-refractivity contribution in [3.63, 3.8) is 0 Å². The molecule has 11 heavy (non-hydrogen) atoms. The van der Waals surface area contributed by atoms with Crippen molar-refractivity contribution in [1.82, 2.24) is 0 Å². The average molecular weight is 152 g/mol. The van der Waals surface area contributed by atoms with Gasteiger partial charge in [-0.25, -0.2) is 0 Å². The maximum absolute atomic E-state index is 4.65. The van der Waals surface area contributed by atoms with E-state index in [4.69, 9.17) is 0 Å². The Hall–Kier alpha value is -1.48. The van der Waals surface area contributed by atoms with Crippen LogP contribution in [0.15, 0.2) is 43.2 Å². The molecule has 0 aromatic heterocycles. The average Bonchev–Trinajstić information content (AvgIpc) is 2.07. The summed E-state index contributed by atoms with van der Waals surface area (Å²) in [7, 11) is 0. The van der Waals surface area contributed by atoms with Gasteiger partial charge in [0, 0.05) is 5.04 Å². The van der Waals surface area contributed by atoms with Crippen molar-refractivity contribution in [3.05, 3.63) is 43.2 Å². The van der Waals surface area contributed by atoms with Crippen molar-refractivity contribution >= 4 is 0 Å². The number of rotatable bonds is 4. The lowest BCUT2D eigenvalue weighted by Gasteiger charge is -1.99. The molecule has 1 aromatic carbocycles. The molecule has 0 amide bonds. The van der Waals surface area contributed by atoms with Crippen molar-refractivity contribution in [3.8, 4) is 5.75 Å². The van der Waals surface area contributed by atoms with Crippen molar-refractivity contribution < 1.29 is 14.8 Å². The standard InChI is InChI=1S/C8H8O3/c1-2-9-11-10-8-6-4-3-5-7-8/h2-7H,1H2. The molecular weight excluding hydrogens is 144 g/mol. The van der Waals surface area contributed by atoms with E-state index >= 15 is 0 Å². The summed E-state index contributed by atoms with van der Waals surface area (Å²) in [6, 6.07) is 9.01. The third-order valence-electron chi connectivity index (χ3n) is 0.981. The second-order valence-electron chi connectivity index (χ2n) is 1.73. The third kappa shape index (κ3) is 2.73. The summed E-state index contributed by atoms with van der Waals surface area (Å²) in [5.41, 5.74) is 0. The van der Waals surface area contributed by atoms with E-state index in [0.717, 1.165) is 6.26 Å². The highest BCUT2D eigenvalue weighted by atomic mass is 17.5. The summed E-state index contributed by atoms with van der Waals surface area (Å²) in [6.45, 7) is 3.26. The van der Waals surface area contributed by atoms with E-state index < -0.39 is 0 Å². The van der Waals surface area contributed by atoms with Crippen LogP contribution < -0.4 is 4.89 Å². The maximum Gasteiger partial charge on any atom is 0.169 e. The number of hydrogen-bond donors (Lipinski definition) is 0. The van der Waals surface area contributed by atoms with Gasteiger partial charge in [0.1, 0.15) is 6.26 Å². The van der Waals surface area contributed by atoms with Crippen LogP contribution in [0, 0.1) is 0 Å². The molecule has 3 nitrogen and oxygen atoms in total. The first-order valence-electron chi connectivity index (χ1n) is 3.09. The predicted octanol–water partition coefficient (Wildman–Crippen LogP) is 2.07. The van der Waals surface area contributed by atoms with Crippen molar-refractivity contribution in [2.24, 2.45) is 0 Å². The Kier molecular flexibility index (Phi) is 3.02. The molecule has 58 valence electrons. The first kappa shape index (κ1) is 7.63. The fourth-order valence-electron chi connectivity index (χ4n) is 0.563. The molecule has 0 unspecified atom stereocenters. The lowest BCUT2D eigenvalue weighted by Crippen LogP contribution is -1.93. The van der Waals surface area contributed by atoms with Gasteiger partial charge in [0.25, 0.3) is 0 Å². The zero-order valence-corrected chi connectivity index (χ0v) is 5.90. The molecule has 0 heterocycles. The first-order valence-corrected chi connectivity index (χ1v) is 3.09. The molecular formula is C8H8O3. The van der Waals surface area contributed by atoms with Crippen molar-refractivity contribution in [2.75, 3.05) is 0 Å².